The van der Waals surface area contributed by atoms with Crippen LogP contribution in [0.4, 0.5) is 11.6 Å². The van der Waals surface area contributed by atoms with E-state index in [1.807, 2.05) is 0 Å². The van der Waals surface area contributed by atoms with Gasteiger partial charge in [-0.1, -0.05) is 12.1 Å². The van der Waals surface area contributed by atoms with E-state index in [4.69, 9.17) is 0 Å². The summed E-state index contributed by atoms with van der Waals surface area (Å²) < 4.78 is 59.1. The second-order valence-electron chi connectivity index (χ2n) is 6.70. The van der Waals surface area contributed by atoms with Gasteiger partial charge in [0, 0.05) is 17.6 Å². The number of aryl methyl sites for hydroxylation is 1. The first-order valence-electron chi connectivity index (χ1n) is 9.18. The number of sulfonamides is 2. The summed E-state index contributed by atoms with van der Waals surface area (Å²) in [7, 11) is -6.46. The van der Waals surface area contributed by atoms with Crippen LogP contribution >= 0.6 is 0 Å². The van der Waals surface area contributed by atoms with Crippen LogP contribution in [0.25, 0.3) is 0 Å². The molecule has 0 saturated heterocycles. The summed E-state index contributed by atoms with van der Waals surface area (Å²) in [5.74, 6) is -0.912. The Balaban J connectivity index is 1.68. The zero-order chi connectivity index (χ0) is 23.4. The molecule has 2 aromatic carbocycles. The highest BCUT2D eigenvalue weighted by atomic mass is 32.2. The second kappa shape index (κ2) is 9.32. The van der Waals surface area contributed by atoms with Crippen molar-refractivity contribution in [3.8, 4) is 0 Å². The lowest BCUT2D eigenvalue weighted by molar-refractivity contribution is 0.0600. The first-order chi connectivity index (χ1) is 15.1. The lowest BCUT2D eigenvalue weighted by atomic mass is 10.1. The normalized spacial score (nSPS) is 11.6. The van der Waals surface area contributed by atoms with Crippen LogP contribution < -0.4 is 9.44 Å². The number of esters is 1. The Hall–Kier alpha value is -3.51. The number of aromatic nitrogens is 2. The Labute approximate surface area is 185 Å². The van der Waals surface area contributed by atoms with Gasteiger partial charge >= 0.3 is 5.97 Å². The summed E-state index contributed by atoms with van der Waals surface area (Å²) in [6, 6.07) is 12.8. The van der Waals surface area contributed by atoms with Crippen LogP contribution in [0.5, 0.6) is 0 Å². The Bertz CT molecular complexity index is 1320. The average Bonchev–Trinajstić information content (AvgIpc) is 2.73. The van der Waals surface area contributed by atoms with Gasteiger partial charge in [-0.15, -0.1) is 0 Å². The molecule has 1 aromatic heterocycles. The number of anilines is 2. The maximum absolute atomic E-state index is 12.5. The molecule has 12 heteroatoms. The molecule has 0 aliphatic rings. The predicted molar refractivity (Wildman–Crippen MR) is 118 cm³/mol. The van der Waals surface area contributed by atoms with E-state index in [-0.39, 0.29) is 22.3 Å². The number of nitrogens with zero attached hydrogens (tertiary/aromatic N) is 2. The van der Waals surface area contributed by atoms with Crippen molar-refractivity contribution in [3.63, 3.8) is 0 Å². The van der Waals surface area contributed by atoms with Crippen molar-refractivity contribution >= 4 is 37.7 Å². The fourth-order valence-electron chi connectivity index (χ4n) is 2.67. The van der Waals surface area contributed by atoms with E-state index in [0.29, 0.717) is 16.8 Å². The Morgan fingerprint density at radius 1 is 0.938 bits per heavy atom. The summed E-state index contributed by atoms with van der Waals surface area (Å²) in [4.78, 5) is 19.2. The standard InChI is InChI=1S/C20H20N4O6S2/c1-14-11-12-21-20(22-14)24-32(28,29)18-9-7-17(8-10-18)23-31(26,27)13-15-3-5-16(6-4-15)19(25)30-2/h3-12,23H,13H2,1-2H3,(H,21,22,24). The average molecular weight is 477 g/mol. The van der Waals surface area contributed by atoms with Gasteiger partial charge < -0.3 is 4.74 Å². The van der Waals surface area contributed by atoms with Crippen molar-refractivity contribution < 1.29 is 26.4 Å². The zero-order valence-corrected chi connectivity index (χ0v) is 18.8. The Kier molecular flexibility index (Phi) is 6.75. The predicted octanol–water partition coefficient (Wildman–Crippen LogP) is 2.31. The Morgan fingerprint density at radius 2 is 1.59 bits per heavy atom. The number of hydrogen-bond acceptors (Lipinski definition) is 8. The van der Waals surface area contributed by atoms with Crippen molar-refractivity contribution in [2.45, 2.75) is 17.6 Å². The maximum Gasteiger partial charge on any atom is 0.337 e. The molecular formula is C20H20N4O6S2. The highest BCUT2D eigenvalue weighted by Crippen LogP contribution is 2.19. The van der Waals surface area contributed by atoms with Crippen molar-refractivity contribution in [1.29, 1.82) is 0 Å². The van der Waals surface area contributed by atoms with Crippen LogP contribution in [0.15, 0.2) is 65.7 Å². The molecular weight excluding hydrogens is 456 g/mol. The lowest BCUT2D eigenvalue weighted by Gasteiger charge is -2.10. The first kappa shape index (κ1) is 23.2. The number of carbonyl (C=O) groups excluding carboxylic acids is 1. The number of benzene rings is 2. The van der Waals surface area contributed by atoms with Gasteiger partial charge in [0.1, 0.15) is 0 Å². The van der Waals surface area contributed by atoms with Crippen molar-refractivity contribution in [2.75, 3.05) is 16.6 Å². The van der Waals surface area contributed by atoms with Gasteiger partial charge in [-0.2, -0.15) is 0 Å². The van der Waals surface area contributed by atoms with E-state index < -0.39 is 26.0 Å². The number of carbonyl (C=O) groups is 1. The third-order valence-electron chi connectivity index (χ3n) is 4.19. The molecule has 2 N–H and O–H groups in total. The Morgan fingerprint density at radius 3 is 2.19 bits per heavy atom. The molecule has 0 aliphatic carbocycles. The van der Waals surface area contributed by atoms with E-state index >= 15 is 0 Å². The molecule has 168 valence electrons. The highest BCUT2D eigenvalue weighted by Gasteiger charge is 2.17. The number of rotatable bonds is 8. The second-order valence-corrected chi connectivity index (χ2v) is 10.1. The fourth-order valence-corrected chi connectivity index (χ4v) is 4.82. The third kappa shape index (κ3) is 6.02. The van der Waals surface area contributed by atoms with Gasteiger partial charge in [-0.25, -0.2) is 36.3 Å². The van der Waals surface area contributed by atoms with E-state index in [9.17, 15) is 21.6 Å². The maximum atomic E-state index is 12.5. The molecule has 3 rings (SSSR count). The fraction of sp³-hybridized carbons (Fsp3) is 0.150. The molecule has 0 saturated carbocycles. The lowest BCUT2D eigenvalue weighted by Crippen LogP contribution is -2.16. The molecule has 1 heterocycles. The molecule has 0 atom stereocenters. The molecule has 0 fully saturated rings. The number of hydrogen-bond donors (Lipinski definition) is 2. The summed E-state index contributed by atoms with van der Waals surface area (Å²) in [6.45, 7) is 1.70. The van der Waals surface area contributed by atoms with Crippen LogP contribution in [0, 0.1) is 6.92 Å². The minimum absolute atomic E-state index is 0.0620. The SMILES string of the molecule is COC(=O)c1ccc(CS(=O)(=O)Nc2ccc(S(=O)(=O)Nc3nccc(C)n3)cc2)cc1. The van der Waals surface area contributed by atoms with E-state index in [0.717, 1.165) is 0 Å². The van der Waals surface area contributed by atoms with Crippen molar-refractivity contribution in [1.82, 2.24) is 9.97 Å². The molecule has 0 amide bonds. The van der Waals surface area contributed by atoms with Crippen LogP contribution in [0.2, 0.25) is 0 Å². The molecule has 0 unspecified atom stereocenters. The van der Waals surface area contributed by atoms with Gasteiger partial charge in [0.25, 0.3) is 10.0 Å². The quantitative estimate of drug-likeness (QED) is 0.471. The molecule has 0 aliphatic heterocycles. The molecule has 3 aromatic rings. The minimum atomic E-state index is -3.94. The smallest absolute Gasteiger partial charge is 0.337 e. The van der Waals surface area contributed by atoms with Gasteiger partial charge in [-0.3, -0.25) is 4.72 Å². The van der Waals surface area contributed by atoms with Gasteiger partial charge in [-0.05, 0) is 55.0 Å². The third-order valence-corrected chi connectivity index (χ3v) is 6.79. The van der Waals surface area contributed by atoms with Crippen LogP contribution in [-0.4, -0.2) is 39.9 Å². The van der Waals surface area contributed by atoms with Crippen molar-refractivity contribution in [2.24, 2.45) is 0 Å². The van der Waals surface area contributed by atoms with Crippen molar-refractivity contribution in [3.05, 3.63) is 77.6 Å². The summed E-state index contributed by atoms with van der Waals surface area (Å²) in [6.07, 6.45) is 1.43. The minimum Gasteiger partial charge on any atom is -0.465 e. The monoisotopic (exact) mass is 476 g/mol. The number of nitrogens with one attached hydrogen (secondary N) is 2. The largest absolute Gasteiger partial charge is 0.465 e. The van der Waals surface area contributed by atoms with E-state index in [1.54, 1.807) is 13.0 Å². The molecule has 0 radical (unpaired) electrons. The first-order valence-corrected chi connectivity index (χ1v) is 12.3. The van der Waals surface area contributed by atoms with Crippen LogP contribution in [0.1, 0.15) is 21.6 Å². The van der Waals surface area contributed by atoms with Crippen LogP contribution in [-0.2, 0) is 30.5 Å². The summed E-state index contributed by atoms with van der Waals surface area (Å²) >= 11 is 0. The topological polar surface area (TPSA) is 144 Å². The molecule has 0 spiro atoms. The number of ether oxygens (including phenoxy) is 1. The number of methoxy groups -OCH3 is 1. The van der Waals surface area contributed by atoms with Gasteiger partial charge in [0.2, 0.25) is 16.0 Å². The zero-order valence-electron chi connectivity index (χ0n) is 17.1. The van der Waals surface area contributed by atoms with E-state index in [2.05, 4.69) is 24.1 Å². The van der Waals surface area contributed by atoms with Gasteiger partial charge in [0.15, 0.2) is 0 Å². The van der Waals surface area contributed by atoms with Crippen LogP contribution in [0.3, 0.4) is 0 Å². The molecule has 0 bridgehead atoms. The molecule has 32 heavy (non-hydrogen) atoms. The van der Waals surface area contributed by atoms with E-state index in [1.165, 1.54) is 61.8 Å². The summed E-state index contributed by atoms with van der Waals surface area (Å²) in [5, 5.41) is 0. The molecule has 10 nitrogen and oxygen atoms in total. The van der Waals surface area contributed by atoms with Gasteiger partial charge in [0.05, 0.1) is 23.3 Å². The summed E-state index contributed by atoms with van der Waals surface area (Å²) in [5.41, 5.74) is 1.57. The highest BCUT2D eigenvalue weighted by molar-refractivity contribution is 7.92.